The highest BCUT2D eigenvalue weighted by Crippen LogP contribution is 1.95. The van der Waals surface area contributed by atoms with Crippen molar-refractivity contribution in [3.05, 3.63) is 11.1 Å². The Morgan fingerprint density at radius 1 is 1.56 bits per heavy atom. The number of allylic oxidation sites excluding steroid dienone is 1. The van der Waals surface area contributed by atoms with Gasteiger partial charge in [-0.05, 0) is 6.92 Å². The minimum atomic E-state index is -0.820. The van der Waals surface area contributed by atoms with Gasteiger partial charge in [0.25, 0.3) is 0 Å². The SMILES string of the molecule is C/C(=C\S(C)=O)N(C)C. The van der Waals surface area contributed by atoms with E-state index in [0.29, 0.717) is 0 Å². The van der Waals surface area contributed by atoms with Crippen molar-refractivity contribution in [2.75, 3.05) is 20.4 Å². The summed E-state index contributed by atoms with van der Waals surface area (Å²) in [6.07, 6.45) is 1.66. The molecule has 0 saturated heterocycles. The third-order valence-corrected chi connectivity index (χ3v) is 1.71. The summed E-state index contributed by atoms with van der Waals surface area (Å²) in [5.41, 5.74) is 1.04. The Labute approximate surface area is 59.0 Å². The Kier molecular flexibility index (Phi) is 3.54. The summed E-state index contributed by atoms with van der Waals surface area (Å²) in [5.74, 6) is 0. The molecule has 54 valence electrons. The molecule has 0 amide bonds. The van der Waals surface area contributed by atoms with Crippen LogP contribution in [0.3, 0.4) is 0 Å². The first-order valence-corrected chi connectivity index (χ1v) is 4.34. The molecule has 0 aliphatic carbocycles. The van der Waals surface area contributed by atoms with Gasteiger partial charge in [0.1, 0.15) is 0 Å². The van der Waals surface area contributed by atoms with Crippen LogP contribution in [0, 0.1) is 0 Å². The molecule has 0 aromatic rings. The third-order valence-electron chi connectivity index (χ3n) is 1.04. The van der Waals surface area contributed by atoms with E-state index in [1.165, 1.54) is 0 Å². The van der Waals surface area contributed by atoms with Gasteiger partial charge < -0.3 is 4.90 Å². The number of hydrogen-bond acceptors (Lipinski definition) is 2. The molecular weight excluding hydrogens is 134 g/mol. The van der Waals surface area contributed by atoms with Gasteiger partial charge in [-0.3, -0.25) is 4.21 Å². The fraction of sp³-hybridized carbons (Fsp3) is 0.667. The predicted molar refractivity (Wildman–Crippen MR) is 41.5 cm³/mol. The lowest BCUT2D eigenvalue weighted by Gasteiger charge is -2.10. The molecule has 0 saturated carbocycles. The molecule has 0 rings (SSSR count). The molecule has 0 radical (unpaired) electrons. The van der Waals surface area contributed by atoms with Crippen LogP contribution in [0.5, 0.6) is 0 Å². The van der Waals surface area contributed by atoms with E-state index in [-0.39, 0.29) is 0 Å². The van der Waals surface area contributed by atoms with Crippen molar-refractivity contribution in [3.63, 3.8) is 0 Å². The highest BCUT2D eigenvalue weighted by atomic mass is 32.2. The maximum absolute atomic E-state index is 10.6. The molecule has 9 heavy (non-hydrogen) atoms. The maximum atomic E-state index is 10.6. The van der Waals surface area contributed by atoms with E-state index in [2.05, 4.69) is 0 Å². The van der Waals surface area contributed by atoms with Crippen LogP contribution in [0.2, 0.25) is 0 Å². The smallest absolute Gasteiger partial charge is 0.0441 e. The van der Waals surface area contributed by atoms with E-state index < -0.39 is 10.8 Å². The quantitative estimate of drug-likeness (QED) is 0.575. The summed E-state index contributed by atoms with van der Waals surface area (Å²) in [6, 6.07) is 0. The minimum Gasteiger partial charge on any atom is -0.381 e. The Morgan fingerprint density at radius 2 is 2.00 bits per heavy atom. The number of hydrogen-bond donors (Lipinski definition) is 0. The summed E-state index contributed by atoms with van der Waals surface area (Å²) in [7, 11) is 3.04. The average molecular weight is 147 g/mol. The second-order valence-corrected chi connectivity index (χ2v) is 3.39. The molecule has 1 unspecified atom stereocenters. The van der Waals surface area contributed by atoms with Gasteiger partial charge in [0.2, 0.25) is 0 Å². The second kappa shape index (κ2) is 3.67. The van der Waals surface area contributed by atoms with Crippen LogP contribution < -0.4 is 0 Å². The lowest BCUT2D eigenvalue weighted by molar-refractivity contribution is 0.515. The first-order valence-electron chi connectivity index (χ1n) is 2.72. The van der Waals surface area contributed by atoms with Gasteiger partial charge in [-0.1, -0.05) is 0 Å². The first-order chi connectivity index (χ1) is 4.04. The zero-order valence-electron chi connectivity index (χ0n) is 6.34. The van der Waals surface area contributed by atoms with Gasteiger partial charge in [0.15, 0.2) is 0 Å². The minimum absolute atomic E-state index is 0.820. The summed E-state index contributed by atoms with van der Waals surface area (Å²) >= 11 is 0. The first kappa shape index (κ1) is 8.69. The Bertz CT molecular complexity index is 140. The highest BCUT2D eigenvalue weighted by molar-refractivity contribution is 7.87. The molecule has 0 heterocycles. The highest BCUT2D eigenvalue weighted by Gasteiger charge is 1.90. The molecule has 0 aliphatic rings. The van der Waals surface area contributed by atoms with Crippen molar-refractivity contribution in [1.29, 1.82) is 0 Å². The van der Waals surface area contributed by atoms with Gasteiger partial charge in [-0.25, -0.2) is 0 Å². The van der Waals surface area contributed by atoms with Crippen LogP contribution in [-0.2, 0) is 10.8 Å². The van der Waals surface area contributed by atoms with E-state index in [1.54, 1.807) is 11.7 Å². The number of nitrogens with zero attached hydrogens (tertiary/aromatic N) is 1. The topological polar surface area (TPSA) is 20.3 Å². The van der Waals surface area contributed by atoms with Gasteiger partial charge in [0, 0.05) is 42.3 Å². The standard InChI is InChI=1S/C6H13NOS/c1-6(7(2)3)5-9(4)8/h5H,1-4H3/b6-5+. The van der Waals surface area contributed by atoms with Crippen molar-refractivity contribution >= 4 is 10.8 Å². The molecule has 0 fully saturated rings. The summed E-state index contributed by atoms with van der Waals surface area (Å²) in [6.45, 7) is 1.93. The van der Waals surface area contributed by atoms with Crippen molar-refractivity contribution < 1.29 is 4.21 Å². The second-order valence-electron chi connectivity index (χ2n) is 2.15. The maximum Gasteiger partial charge on any atom is 0.0441 e. The normalized spacial score (nSPS) is 15.3. The van der Waals surface area contributed by atoms with E-state index in [0.717, 1.165) is 5.70 Å². The van der Waals surface area contributed by atoms with Crippen molar-refractivity contribution in [2.45, 2.75) is 6.92 Å². The molecule has 0 aromatic heterocycles. The zero-order chi connectivity index (χ0) is 7.44. The van der Waals surface area contributed by atoms with Gasteiger partial charge in [0.05, 0.1) is 0 Å². The monoisotopic (exact) mass is 147 g/mol. The molecule has 0 aromatic carbocycles. The Hall–Kier alpha value is -0.310. The predicted octanol–water partition coefficient (Wildman–Crippen LogP) is 0.788. The van der Waals surface area contributed by atoms with Crippen LogP contribution in [-0.4, -0.2) is 29.5 Å². The largest absolute Gasteiger partial charge is 0.381 e. The average Bonchev–Trinajstić information content (AvgIpc) is 1.63. The van der Waals surface area contributed by atoms with Crippen molar-refractivity contribution in [3.8, 4) is 0 Å². The van der Waals surface area contributed by atoms with E-state index in [1.807, 2.05) is 25.9 Å². The van der Waals surface area contributed by atoms with Crippen molar-refractivity contribution in [2.24, 2.45) is 0 Å². The van der Waals surface area contributed by atoms with Crippen LogP contribution in [0.15, 0.2) is 11.1 Å². The fourth-order valence-electron chi connectivity index (χ4n) is 0.346. The molecule has 0 N–H and O–H groups in total. The van der Waals surface area contributed by atoms with E-state index >= 15 is 0 Å². The molecule has 1 atom stereocenters. The van der Waals surface area contributed by atoms with E-state index in [9.17, 15) is 4.21 Å². The Balaban J connectivity index is 4.00. The number of rotatable bonds is 2. The fourth-order valence-corrected chi connectivity index (χ4v) is 1.04. The van der Waals surface area contributed by atoms with Crippen molar-refractivity contribution in [1.82, 2.24) is 4.90 Å². The molecule has 2 nitrogen and oxygen atoms in total. The van der Waals surface area contributed by atoms with Gasteiger partial charge >= 0.3 is 0 Å². The summed E-state index contributed by atoms with van der Waals surface area (Å²) < 4.78 is 10.6. The molecule has 3 heteroatoms. The Morgan fingerprint density at radius 3 is 2.11 bits per heavy atom. The summed E-state index contributed by atoms with van der Waals surface area (Å²) in [5, 5.41) is 1.72. The zero-order valence-corrected chi connectivity index (χ0v) is 7.16. The summed E-state index contributed by atoms with van der Waals surface area (Å²) in [4.78, 5) is 1.93. The van der Waals surface area contributed by atoms with Crippen LogP contribution in [0.25, 0.3) is 0 Å². The lowest BCUT2D eigenvalue weighted by Crippen LogP contribution is -2.08. The molecule has 0 bridgehead atoms. The van der Waals surface area contributed by atoms with Crippen LogP contribution >= 0.6 is 0 Å². The van der Waals surface area contributed by atoms with Crippen LogP contribution in [0.1, 0.15) is 6.92 Å². The third kappa shape index (κ3) is 4.21. The molecular formula is C6H13NOS. The van der Waals surface area contributed by atoms with Crippen LogP contribution in [0.4, 0.5) is 0 Å². The molecule has 0 spiro atoms. The van der Waals surface area contributed by atoms with Gasteiger partial charge in [-0.2, -0.15) is 0 Å². The van der Waals surface area contributed by atoms with Gasteiger partial charge in [-0.15, -0.1) is 0 Å². The van der Waals surface area contributed by atoms with E-state index in [4.69, 9.17) is 0 Å². The molecule has 0 aliphatic heterocycles. The lowest BCUT2D eigenvalue weighted by atomic mass is 10.5.